The van der Waals surface area contributed by atoms with Crippen LogP contribution in [0.3, 0.4) is 0 Å². The molecule has 1 N–H and O–H groups in total. The van der Waals surface area contributed by atoms with Gasteiger partial charge in [0.1, 0.15) is 0 Å². The number of thioether (sulfide) groups is 1. The first-order valence-electron chi connectivity index (χ1n) is 6.63. The number of carbonyl (C=O) groups excluding carboxylic acids is 1. The summed E-state index contributed by atoms with van der Waals surface area (Å²) in [5.74, 6) is 1.83. The minimum atomic E-state index is 0.0183. The van der Waals surface area contributed by atoms with Crippen LogP contribution in [0.25, 0.3) is 0 Å². The largest absolute Gasteiger partial charge is 0.322 e. The maximum absolute atomic E-state index is 12.2. The van der Waals surface area contributed by atoms with Gasteiger partial charge in [0.05, 0.1) is 5.88 Å². The van der Waals surface area contributed by atoms with E-state index in [4.69, 9.17) is 0 Å². The number of aryl methyl sites for hydroxylation is 1. The minimum absolute atomic E-state index is 0.0183. The van der Waals surface area contributed by atoms with Crippen LogP contribution in [0.15, 0.2) is 18.2 Å². The van der Waals surface area contributed by atoms with Crippen molar-refractivity contribution in [3.8, 4) is 0 Å². The van der Waals surface area contributed by atoms with Crippen LogP contribution in [0.1, 0.15) is 31.9 Å². The van der Waals surface area contributed by atoms with Gasteiger partial charge in [-0.05, 0) is 23.5 Å². The second-order valence-corrected chi connectivity index (χ2v) is 7.05. The fourth-order valence-corrected chi connectivity index (χ4v) is 3.16. The Hall–Kier alpha value is -1.16. The summed E-state index contributed by atoms with van der Waals surface area (Å²) in [5.41, 5.74) is 3.30. The lowest BCUT2D eigenvalue weighted by atomic mass is 9.84. The van der Waals surface area contributed by atoms with Crippen LogP contribution in [0.5, 0.6) is 0 Å². The first kappa shape index (κ1) is 14.3. The predicted octanol–water partition coefficient (Wildman–Crippen LogP) is 3.83. The molecule has 0 bridgehead atoms. The quantitative estimate of drug-likeness (QED) is 0.846. The molecule has 0 unspecified atom stereocenters. The Morgan fingerprint density at radius 2 is 2.11 bits per heavy atom. The average Bonchev–Trinajstić information content (AvgIpc) is 2.83. The number of para-hydroxylation sites is 1. The third-order valence-electron chi connectivity index (χ3n) is 3.35. The molecule has 1 aliphatic heterocycles. The number of hydrogen-bond acceptors (Lipinski definition) is 2. The van der Waals surface area contributed by atoms with Crippen LogP contribution in [0.4, 0.5) is 10.5 Å². The van der Waals surface area contributed by atoms with Crippen molar-refractivity contribution in [2.24, 2.45) is 0 Å². The number of hydrogen-bond donors (Lipinski definition) is 1. The Labute approximate surface area is 119 Å². The molecule has 0 aliphatic carbocycles. The molecule has 1 saturated heterocycles. The lowest BCUT2D eigenvalue weighted by Crippen LogP contribution is -2.33. The number of nitrogens with zero attached hydrogens (tertiary/aromatic N) is 1. The topological polar surface area (TPSA) is 32.3 Å². The van der Waals surface area contributed by atoms with Gasteiger partial charge in [-0.25, -0.2) is 4.79 Å². The van der Waals surface area contributed by atoms with E-state index in [1.54, 1.807) is 11.8 Å². The van der Waals surface area contributed by atoms with Crippen molar-refractivity contribution in [1.82, 2.24) is 4.90 Å². The minimum Gasteiger partial charge on any atom is -0.314 e. The number of urea groups is 1. The Kier molecular flexibility index (Phi) is 4.09. The smallest absolute Gasteiger partial charge is 0.314 e. The van der Waals surface area contributed by atoms with Crippen molar-refractivity contribution in [2.75, 3.05) is 23.5 Å². The highest BCUT2D eigenvalue weighted by molar-refractivity contribution is 7.99. The summed E-state index contributed by atoms with van der Waals surface area (Å²) in [7, 11) is 0. The summed E-state index contributed by atoms with van der Waals surface area (Å²) in [6.45, 7) is 9.40. The van der Waals surface area contributed by atoms with E-state index in [1.807, 2.05) is 17.9 Å². The van der Waals surface area contributed by atoms with Gasteiger partial charge < -0.3 is 10.2 Å². The molecule has 3 nitrogen and oxygen atoms in total. The zero-order valence-corrected chi connectivity index (χ0v) is 12.9. The zero-order valence-electron chi connectivity index (χ0n) is 12.1. The van der Waals surface area contributed by atoms with Crippen molar-refractivity contribution < 1.29 is 4.79 Å². The second-order valence-electron chi connectivity index (χ2n) is 5.98. The Balaban J connectivity index is 2.26. The molecule has 2 rings (SSSR count). The fraction of sp³-hybridized carbons (Fsp3) is 0.533. The fourth-order valence-electron chi connectivity index (χ4n) is 2.22. The monoisotopic (exact) mass is 278 g/mol. The molecule has 1 aromatic rings. The van der Waals surface area contributed by atoms with Crippen LogP contribution in [-0.2, 0) is 5.41 Å². The van der Waals surface area contributed by atoms with Gasteiger partial charge in [-0.3, -0.25) is 0 Å². The number of rotatable bonds is 1. The SMILES string of the molecule is Cc1cccc(C(C)(C)C)c1NC(=O)N1CCSC1. The lowest BCUT2D eigenvalue weighted by molar-refractivity contribution is 0.225. The molecule has 1 fully saturated rings. The van der Waals surface area contributed by atoms with Gasteiger partial charge in [-0.1, -0.05) is 39.0 Å². The van der Waals surface area contributed by atoms with Crippen molar-refractivity contribution in [1.29, 1.82) is 0 Å². The molecule has 0 radical (unpaired) electrons. The molecule has 0 saturated carbocycles. The maximum atomic E-state index is 12.2. The van der Waals surface area contributed by atoms with E-state index in [-0.39, 0.29) is 11.4 Å². The lowest BCUT2D eigenvalue weighted by Gasteiger charge is -2.26. The average molecular weight is 278 g/mol. The van der Waals surface area contributed by atoms with Crippen molar-refractivity contribution in [3.63, 3.8) is 0 Å². The zero-order chi connectivity index (χ0) is 14.0. The summed E-state index contributed by atoms with van der Waals surface area (Å²) in [6.07, 6.45) is 0. The number of benzene rings is 1. The molecule has 0 atom stereocenters. The Morgan fingerprint density at radius 1 is 1.37 bits per heavy atom. The van der Waals surface area contributed by atoms with Crippen molar-refractivity contribution >= 4 is 23.5 Å². The molecule has 2 amide bonds. The third-order valence-corrected chi connectivity index (χ3v) is 4.32. The van der Waals surface area contributed by atoms with Gasteiger partial charge in [-0.15, -0.1) is 11.8 Å². The van der Waals surface area contributed by atoms with E-state index < -0.39 is 0 Å². The number of amides is 2. The molecular formula is C15H22N2OS. The Bertz CT molecular complexity index is 474. The third kappa shape index (κ3) is 3.24. The van der Waals surface area contributed by atoms with Gasteiger partial charge in [0.2, 0.25) is 0 Å². The molecule has 4 heteroatoms. The van der Waals surface area contributed by atoms with Gasteiger partial charge in [-0.2, -0.15) is 0 Å². The molecule has 104 valence electrons. The molecule has 1 heterocycles. The summed E-state index contributed by atoms with van der Waals surface area (Å²) < 4.78 is 0. The van der Waals surface area contributed by atoms with Crippen LogP contribution >= 0.6 is 11.8 Å². The van der Waals surface area contributed by atoms with E-state index >= 15 is 0 Å². The first-order chi connectivity index (χ1) is 8.89. The highest BCUT2D eigenvalue weighted by atomic mass is 32.2. The summed E-state index contributed by atoms with van der Waals surface area (Å²) >= 11 is 1.80. The van der Waals surface area contributed by atoms with Gasteiger partial charge in [0.15, 0.2) is 0 Å². The number of nitrogens with one attached hydrogen (secondary N) is 1. The van der Waals surface area contributed by atoms with E-state index in [0.717, 1.165) is 29.4 Å². The van der Waals surface area contributed by atoms with Crippen LogP contribution < -0.4 is 5.32 Å². The van der Waals surface area contributed by atoms with Gasteiger partial charge >= 0.3 is 6.03 Å². The summed E-state index contributed by atoms with van der Waals surface area (Å²) in [5, 5.41) is 3.10. The Morgan fingerprint density at radius 3 is 2.68 bits per heavy atom. The number of carbonyl (C=O) groups is 1. The molecule has 0 spiro atoms. The highest BCUT2D eigenvalue weighted by Crippen LogP contribution is 2.32. The standard InChI is InChI=1S/C15H22N2OS/c1-11-6-5-7-12(15(2,3)4)13(11)16-14(18)17-8-9-19-10-17/h5-7H,8-10H2,1-4H3,(H,16,18). The van der Waals surface area contributed by atoms with Crippen LogP contribution in [0, 0.1) is 6.92 Å². The molecule has 1 aliphatic rings. The summed E-state index contributed by atoms with van der Waals surface area (Å²) in [6, 6.07) is 6.21. The first-order valence-corrected chi connectivity index (χ1v) is 7.79. The van der Waals surface area contributed by atoms with Gasteiger partial charge in [0.25, 0.3) is 0 Å². The summed E-state index contributed by atoms with van der Waals surface area (Å²) in [4.78, 5) is 14.1. The molecular weight excluding hydrogens is 256 g/mol. The highest BCUT2D eigenvalue weighted by Gasteiger charge is 2.23. The van der Waals surface area contributed by atoms with Crippen LogP contribution in [0.2, 0.25) is 0 Å². The molecule has 19 heavy (non-hydrogen) atoms. The molecule has 1 aromatic carbocycles. The molecule has 0 aromatic heterocycles. The van der Waals surface area contributed by atoms with Crippen molar-refractivity contribution in [3.05, 3.63) is 29.3 Å². The van der Waals surface area contributed by atoms with Crippen LogP contribution in [-0.4, -0.2) is 29.1 Å². The second kappa shape index (κ2) is 5.45. The predicted molar refractivity (Wildman–Crippen MR) is 82.9 cm³/mol. The van der Waals surface area contributed by atoms with E-state index in [0.29, 0.717) is 0 Å². The van der Waals surface area contributed by atoms with E-state index in [1.165, 1.54) is 5.56 Å². The number of anilines is 1. The normalized spacial score (nSPS) is 15.7. The van der Waals surface area contributed by atoms with Gasteiger partial charge in [0, 0.05) is 18.0 Å². The maximum Gasteiger partial charge on any atom is 0.322 e. The van der Waals surface area contributed by atoms with Crippen molar-refractivity contribution in [2.45, 2.75) is 33.1 Å². The van der Waals surface area contributed by atoms with E-state index in [9.17, 15) is 4.79 Å². The van der Waals surface area contributed by atoms with E-state index in [2.05, 4.69) is 38.2 Å².